The van der Waals surface area contributed by atoms with Gasteiger partial charge in [-0.25, -0.2) is 4.39 Å². The van der Waals surface area contributed by atoms with Gasteiger partial charge in [-0.3, -0.25) is 4.90 Å². The van der Waals surface area contributed by atoms with Crippen molar-refractivity contribution in [2.75, 3.05) is 19.8 Å². The Hall–Kier alpha value is -3.15. The van der Waals surface area contributed by atoms with E-state index < -0.39 is 0 Å². The van der Waals surface area contributed by atoms with Crippen LogP contribution < -0.4 is 4.74 Å². The first-order valence-corrected chi connectivity index (χ1v) is 10.6. The first kappa shape index (κ1) is 19.8. The van der Waals surface area contributed by atoms with Crippen LogP contribution in [0.5, 0.6) is 5.75 Å². The summed E-state index contributed by atoms with van der Waals surface area (Å²) in [5.74, 6) is 0.533. The molecule has 0 amide bonds. The summed E-state index contributed by atoms with van der Waals surface area (Å²) in [6.45, 7) is 1.99. The molecule has 0 fully saturated rings. The van der Waals surface area contributed by atoms with Crippen LogP contribution in [0.2, 0.25) is 0 Å². The number of H-pyrrole nitrogens is 1. The molecular weight excluding hydrogens is 391 g/mol. The Bertz CT molecular complexity index is 1170. The van der Waals surface area contributed by atoms with Crippen LogP contribution in [0.3, 0.4) is 0 Å². The third-order valence-corrected chi connectivity index (χ3v) is 5.99. The molecule has 158 valence electrons. The fraction of sp³-hybridized carbons (Fsp3) is 0.231. The van der Waals surface area contributed by atoms with E-state index in [4.69, 9.17) is 9.84 Å². The summed E-state index contributed by atoms with van der Waals surface area (Å²) < 4.78 is 19.1. The molecule has 2 N–H and O–H groups in total. The van der Waals surface area contributed by atoms with Gasteiger partial charge < -0.3 is 14.8 Å². The molecule has 0 radical (unpaired) electrons. The maximum Gasteiger partial charge on any atom is 0.123 e. The van der Waals surface area contributed by atoms with Crippen LogP contribution in [0.1, 0.15) is 28.4 Å². The normalized spacial score (nSPS) is 16.4. The Morgan fingerprint density at radius 3 is 2.55 bits per heavy atom. The van der Waals surface area contributed by atoms with E-state index in [0.717, 1.165) is 36.3 Å². The highest BCUT2D eigenvalue weighted by atomic mass is 19.1. The molecule has 4 nitrogen and oxygen atoms in total. The fourth-order valence-corrected chi connectivity index (χ4v) is 4.57. The Balaban J connectivity index is 1.49. The minimum Gasteiger partial charge on any atom is -0.491 e. The van der Waals surface area contributed by atoms with Crippen molar-refractivity contribution in [3.05, 3.63) is 101 Å². The van der Waals surface area contributed by atoms with Crippen molar-refractivity contribution in [2.24, 2.45) is 0 Å². The van der Waals surface area contributed by atoms with E-state index in [-0.39, 0.29) is 18.5 Å². The smallest absolute Gasteiger partial charge is 0.123 e. The van der Waals surface area contributed by atoms with E-state index in [1.807, 2.05) is 24.3 Å². The largest absolute Gasteiger partial charge is 0.491 e. The third-order valence-electron chi connectivity index (χ3n) is 5.99. The lowest BCUT2D eigenvalue weighted by Gasteiger charge is -2.36. The quantitative estimate of drug-likeness (QED) is 0.474. The van der Waals surface area contributed by atoms with Gasteiger partial charge in [0.2, 0.25) is 0 Å². The summed E-state index contributed by atoms with van der Waals surface area (Å²) in [6.07, 6.45) is 0.967. The SMILES string of the molecule is OCCOc1ccc(CN2CCc3c([nH]c4ccccc34)C2c2ccc(F)cc2)cc1. The number of aromatic nitrogens is 1. The monoisotopic (exact) mass is 416 g/mol. The van der Waals surface area contributed by atoms with Gasteiger partial charge >= 0.3 is 0 Å². The molecule has 31 heavy (non-hydrogen) atoms. The Labute approximate surface area is 180 Å². The summed E-state index contributed by atoms with van der Waals surface area (Å²) >= 11 is 0. The summed E-state index contributed by atoms with van der Waals surface area (Å²) in [4.78, 5) is 6.09. The Morgan fingerprint density at radius 1 is 1.00 bits per heavy atom. The molecule has 5 rings (SSSR count). The number of aromatic amines is 1. The number of nitrogens with one attached hydrogen (secondary N) is 1. The minimum atomic E-state index is -0.221. The zero-order valence-corrected chi connectivity index (χ0v) is 17.2. The second kappa shape index (κ2) is 8.53. The van der Waals surface area contributed by atoms with Crippen LogP contribution in [0.15, 0.2) is 72.8 Å². The molecule has 1 atom stereocenters. The average Bonchev–Trinajstić information content (AvgIpc) is 3.18. The molecule has 0 spiro atoms. The van der Waals surface area contributed by atoms with Crippen molar-refractivity contribution >= 4 is 10.9 Å². The fourth-order valence-electron chi connectivity index (χ4n) is 4.57. The van der Waals surface area contributed by atoms with E-state index in [1.54, 1.807) is 0 Å². The third kappa shape index (κ3) is 3.94. The highest BCUT2D eigenvalue weighted by molar-refractivity contribution is 5.85. The second-order valence-electron chi connectivity index (χ2n) is 7.95. The molecule has 3 aromatic carbocycles. The Kier molecular flexibility index (Phi) is 5.45. The molecule has 0 bridgehead atoms. The highest BCUT2D eigenvalue weighted by Gasteiger charge is 2.31. The zero-order chi connectivity index (χ0) is 21.2. The zero-order valence-electron chi connectivity index (χ0n) is 17.2. The summed E-state index contributed by atoms with van der Waals surface area (Å²) in [7, 11) is 0. The van der Waals surface area contributed by atoms with Crippen molar-refractivity contribution in [2.45, 2.75) is 19.0 Å². The molecule has 5 heteroatoms. The molecule has 1 aromatic heterocycles. The van der Waals surface area contributed by atoms with Crippen molar-refractivity contribution in [3.8, 4) is 5.75 Å². The molecule has 4 aromatic rings. The predicted molar refractivity (Wildman–Crippen MR) is 120 cm³/mol. The van der Waals surface area contributed by atoms with Gasteiger partial charge in [-0.2, -0.15) is 0 Å². The first-order valence-electron chi connectivity index (χ1n) is 10.6. The molecule has 1 aliphatic heterocycles. The maximum atomic E-state index is 13.6. The van der Waals surface area contributed by atoms with Crippen LogP contribution in [-0.4, -0.2) is 34.7 Å². The maximum absolute atomic E-state index is 13.6. The van der Waals surface area contributed by atoms with Crippen molar-refractivity contribution in [1.29, 1.82) is 0 Å². The van der Waals surface area contributed by atoms with Crippen LogP contribution >= 0.6 is 0 Å². The van der Waals surface area contributed by atoms with Gasteiger partial charge in [0.1, 0.15) is 18.2 Å². The van der Waals surface area contributed by atoms with E-state index >= 15 is 0 Å². The van der Waals surface area contributed by atoms with Gasteiger partial charge in [-0.15, -0.1) is 0 Å². The number of aliphatic hydroxyl groups is 1. The molecule has 2 heterocycles. The van der Waals surface area contributed by atoms with Crippen molar-refractivity contribution in [3.63, 3.8) is 0 Å². The molecule has 1 aliphatic rings. The number of rotatable bonds is 6. The number of aliphatic hydroxyl groups excluding tert-OH is 1. The molecule has 0 saturated heterocycles. The first-order chi connectivity index (χ1) is 15.2. The molecule has 0 aliphatic carbocycles. The standard InChI is InChI=1S/C26H25FN2O2/c27-20-9-7-19(8-10-20)26-25-23(22-3-1-2-4-24(22)28-25)13-14-29(26)17-18-5-11-21(12-6-18)31-16-15-30/h1-12,26,28,30H,13-17H2. The van der Waals surface area contributed by atoms with E-state index in [9.17, 15) is 4.39 Å². The van der Waals surface area contributed by atoms with Gasteiger partial charge in [-0.1, -0.05) is 42.5 Å². The number of hydrogen-bond acceptors (Lipinski definition) is 3. The Morgan fingerprint density at radius 2 is 1.77 bits per heavy atom. The lowest BCUT2D eigenvalue weighted by Crippen LogP contribution is -2.35. The number of halogens is 1. The van der Waals surface area contributed by atoms with Gasteiger partial charge in [-0.05, 0) is 53.4 Å². The van der Waals surface area contributed by atoms with Crippen molar-refractivity contribution < 1.29 is 14.2 Å². The number of benzene rings is 3. The van der Waals surface area contributed by atoms with Crippen LogP contribution in [-0.2, 0) is 13.0 Å². The number of fused-ring (bicyclic) bond motifs is 3. The lowest BCUT2D eigenvalue weighted by molar-refractivity contribution is 0.199. The highest BCUT2D eigenvalue weighted by Crippen LogP contribution is 2.39. The number of nitrogens with zero attached hydrogens (tertiary/aromatic N) is 1. The van der Waals surface area contributed by atoms with Gasteiger partial charge in [0, 0.05) is 29.7 Å². The number of hydrogen-bond donors (Lipinski definition) is 2. The summed E-state index contributed by atoms with van der Waals surface area (Å²) in [6, 6.07) is 23.3. The topological polar surface area (TPSA) is 48.5 Å². The van der Waals surface area contributed by atoms with Gasteiger partial charge in [0.05, 0.1) is 12.6 Å². The number of para-hydroxylation sites is 1. The second-order valence-corrected chi connectivity index (χ2v) is 7.95. The van der Waals surface area contributed by atoms with E-state index in [1.165, 1.54) is 34.3 Å². The average molecular weight is 416 g/mol. The molecule has 1 unspecified atom stereocenters. The lowest BCUT2D eigenvalue weighted by atomic mass is 9.92. The van der Waals surface area contributed by atoms with E-state index in [0.29, 0.717) is 6.61 Å². The minimum absolute atomic E-state index is 0.00170. The molecule has 0 saturated carbocycles. The molecular formula is C26H25FN2O2. The number of ether oxygens (including phenoxy) is 1. The van der Waals surface area contributed by atoms with Crippen LogP contribution in [0.25, 0.3) is 10.9 Å². The predicted octanol–water partition coefficient (Wildman–Crippen LogP) is 4.83. The van der Waals surface area contributed by atoms with E-state index in [2.05, 4.69) is 46.3 Å². The summed E-state index contributed by atoms with van der Waals surface area (Å²) in [5.41, 5.74) is 5.96. The van der Waals surface area contributed by atoms with Gasteiger partial charge in [0.15, 0.2) is 0 Å². The van der Waals surface area contributed by atoms with Crippen molar-refractivity contribution in [1.82, 2.24) is 9.88 Å². The summed E-state index contributed by atoms with van der Waals surface area (Å²) in [5, 5.41) is 10.2. The van der Waals surface area contributed by atoms with Gasteiger partial charge in [0.25, 0.3) is 0 Å². The van der Waals surface area contributed by atoms with Crippen LogP contribution in [0, 0.1) is 5.82 Å². The van der Waals surface area contributed by atoms with Crippen LogP contribution in [0.4, 0.5) is 4.39 Å².